The van der Waals surface area contributed by atoms with Gasteiger partial charge in [-0.05, 0) is 37.9 Å². The normalized spacial score (nSPS) is 10.7. The number of benzene rings is 1. The number of Topliss-reactive ketones (excluding diaryl/α,β-unsaturated/α-hetero) is 1. The smallest absolute Gasteiger partial charge is 0.291 e. The number of hydrogen-bond donors (Lipinski definition) is 1. The summed E-state index contributed by atoms with van der Waals surface area (Å²) < 4.78 is 0. The van der Waals surface area contributed by atoms with Crippen LogP contribution in [0.4, 0.5) is 0 Å². The molecule has 0 fully saturated rings. The van der Waals surface area contributed by atoms with Crippen LogP contribution in [0.25, 0.3) is 0 Å². The van der Waals surface area contributed by atoms with Crippen LogP contribution in [-0.4, -0.2) is 11.7 Å². The molecular formula is C17H23NO2. The molecule has 0 heterocycles. The van der Waals surface area contributed by atoms with Crippen LogP contribution < -0.4 is 5.32 Å². The first-order valence-electron chi connectivity index (χ1n) is 7.23. The molecule has 3 heteroatoms. The predicted octanol–water partition coefficient (Wildman–Crippen LogP) is 3.40. The van der Waals surface area contributed by atoms with Crippen molar-refractivity contribution in [3.63, 3.8) is 0 Å². The Morgan fingerprint density at radius 1 is 1.05 bits per heavy atom. The number of nitrogens with one attached hydrogen (secondary N) is 1. The number of hydrogen-bond acceptors (Lipinski definition) is 2. The Kier molecular flexibility index (Phi) is 8.04. The summed E-state index contributed by atoms with van der Waals surface area (Å²) in [6.07, 6.45) is 8.61. The van der Waals surface area contributed by atoms with E-state index < -0.39 is 5.91 Å². The van der Waals surface area contributed by atoms with E-state index in [0.717, 1.165) is 32.1 Å². The number of amides is 1. The third-order valence-electron chi connectivity index (χ3n) is 3.10. The summed E-state index contributed by atoms with van der Waals surface area (Å²) in [4.78, 5) is 22.8. The molecule has 1 aromatic carbocycles. The molecule has 0 aliphatic carbocycles. The van der Waals surface area contributed by atoms with Gasteiger partial charge in [-0.3, -0.25) is 9.59 Å². The monoisotopic (exact) mass is 273 g/mol. The summed E-state index contributed by atoms with van der Waals surface area (Å²) in [6.45, 7) is 1.79. The maximum atomic E-state index is 11.5. The van der Waals surface area contributed by atoms with Crippen LogP contribution in [-0.2, 0) is 16.0 Å². The average molecular weight is 273 g/mol. The fraction of sp³-hybridized carbons (Fsp3) is 0.412. The molecule has 1 aromatic rings. The lowest BCUT2D eigenvalue weighted by atomic mass is 10.0. The van der Waals surface area contributed by atoms with Gasteiger partial charge in [0.15, 0.2) is 0 Å². The minimum absolute atomic E-state index is 0.328. The van der Waals surface area contributed by atoms with Crippen LogP contribution in [0.15, 0.2) is 42.6 Å². The van der Waals surface area contributed by atoms with Gasteiger partial charge in [0.1, 0.15) is 0 Å². The van der Waals surface area contributed by atoms with E-state index in [0.29, 0.717) is 6.42 Å². The summed E-state index contributed by atoms with van der Waals surface area (Å²) in [5.41, 5.74) is 1.36. The van der Waals surface area contributed by atoms with Crippen LogP contribution in [0, 0.1) is 0 Å². The SMILES string of the molecule is C/C=C/NC(=O)C(=O)CCCCCCc1ccccc1. The Morgan fingerprint density at radius 3 is 2.45 bits per heavy atom. The number of unbranched alkanes of at least 4 members (excludes halogenated alkanes) is 3. The molecule has 0 atom stereocenters. The Labute approximate surface area is 121 Å². The maximum Gasteiger partial charge on any atom is 0.291 e. The second-order valence-electron chi connectivity index (χ2n) is 4.80. The van der Waals surface area contributed by atoms with Gasteiger partial charge in [-0.2, -0.15) is 0 Å². The number of carbonyl (C=O) groups excluding carboxylic acids is 2. The molecule has 0 spiro atoms. The molecule has 1 amide bonds. The van der Waals surface area contributed by atoms with Crippen molar-refractivity contribution >= 4 is 11.7 Å². The highest BCUT2D eigenvalue weighted by Gasteiger charge is 2.10. The molecule has 0 bridgehead atoms. The first kappa shape index (κ1) is 16.2. The first-order chi connectivity index (χ1) is 9.74. The zero-order chi connectivity index (χ0) is 14.6. The second-order valence-corrected chi connectivity index (χ2v) is 4.80. The van der Waals surface area contributed by atoms with Crippen molar-refractivity contribution in [1.29, 1.82) is 0 Å². The average Bonchev–Trinajstić information content (AvgIpc) is 2.49. The lowest BCUT2D eigenvalue weighted by molar-refractivity contribution is -0.137. The fourth-order valence-electron chi connectivity index (χ4n) is 1.97. The zero-order valence-corrected chi connectivity index (χ0v) is 12.1. The largest absolute Gasteiger partial charge is 0.326 e. The molecule has 3 nitrogen and oxygen atoms in total. The molecule has 108 valence electrons. The molecule has 0 unspecified atom stereocenters. The van der Waals surface area contributed by atoms with Crippen LogP contribution in [0.5, 0.6) is 0 Å². The topological polar surface area (TPSA) is 46.2 Å². The van der Waals surface area contributed by atoms with Crippen LogP contribution in [0.2, 0.25) is 0 Å². The minimum atomic E-state index is -0.507. The van der Waals surface area contributed by atoms with Crippen LogP contribution >= 0.6 is 0 Å². The van der Waals surface area contributed by atoms with E-state index in [-0.39, 0.29) is 5.78 Å². The van der Waals surface area contributed by atoms with Gasteiger partial charge in [-0.15, -0.1) is 0 Å². The molecule has 0 saturated carbocycles. The Bertz CT molecular complexity index is 438. The predicted molar refractivity (Wildman–Crippen MR) is 81.2 cm³/mol. The number of ketones is 1. The minimum Gasteiger partial charge on any atom is -0.326 e. The van der Waals surface area contributed by atoms with Crippen molar-refractivity contribution < 1.29 is 9.59 Å². The summed E-state index contributed by atoms with van der Waals surface area (Å²) in [6, 6.07) is 10.4. The van der Waals surface area contributed by atoms with Gasteiger partial charge >= 0.3 is 0 Å². The van der Waals surface area contributed by atoms with Crippen molar-refractivity contribution in [2.75, 3.05) is 0 Å². The van der Waals surface area contributed by atoms with Gasteiger partial charge in [0, 0.05) is 6.42 Å². The lowest BCUT2D eigenvalue weighted by Crippen LogP contribution is -2.26. The van der Waals surface area contributed by atoms with Crippen molar-refractivity contribution in [2.45, 2.75) is 45.4 Å². The summed E-state index contributed by atoms with van der Waals surface area (Å²) in [5, 5.41) is 2.44. The molecule has 20 heavy (non-hydrogen) atoms. The van der Waals surface area contributed by atoms with Crippen molar-refractivity contribution in [2.24, 2.45) is 0 Å². The van der Waals surface area contributed by atoms with E-state index in [1.807, 2.05) is 6.07 Å². The summed E-state index contributed by atoms with van der Waals surface area (Å²) >= 11 is 0. The number of aryl methyl sites for hydroxylation is 1. The highest BCUT2D eigenvalue weighted by molar-refractivity contribution is 6.36. The van der Waals surface area contributed by atoms with E-state index in [2.05, 4.69) is 29.6 Å². The fourth-order valence-corrected chi connectivity index (χ4v) is 1.97. The molecule has 0 aliphatic heterocycles. The van der Waals surface area contributed by atoms with Gasteiger partial charge < -0.3 is 5.32 Å². The third kappa shape index (κ3) is 6.88. The third-order valence-corrected chi connectivity index (χ3v) is 3.10. The molecule has 1 rings (SSSR count). The first-order valence-corrected chi connectivity index (χ1v) is 7.23. The number of rotatable bonds is 9. The summed E-state index contributed by atoms with van der Waals surface area (Å²) in [7, 11) is 0. The van der Waals surface area contributed by atoms with Crippen molar-refractivity contribution in [1.82, 2.24) is 5.32 Å². The van der Waals surface area contributed by atoms with E-state index >= 15 is 0 Å². The lowest BCUT2D eigenvalue weighted by Gasteiger charge is -2.02. The zero-order valence-electron chi connectivity index (χ0n) is 12.1. The quantitative estimate of drug-likeness (QED) is 0.553. The second kappa shape index (κ2) is 9.96. The number of carbonyl (C=O) groups is 2. The van der Waals surface area contributed by atoms with Crippen LogP contribution in [0.3, 0.4) is 0 Å². The molecular weight excluding hydrogens is 250 g/mol. The number of allylic oxidation sites excluding steroid dienone is 1. The van der Waals surface area contributed by atoms with Gasteiger partial charge in [0.25, 0.3) is 5.91 Å². The Morgan fingerprint density at radius 2 is 1.75 bits per heavy atom. The van der Waals surface area contributed by atoms with E-state index in [1.165, 1.54) is 11.8 Å². The van der Waals surface area contributed by atoms with E-state index in [1.54, 1.807) is 13.0 Å². The van der Waals surface area contributed by atoms with Gasteiger partial charge in [0.05, 0.1) is 0 Å². The highest BCUT2D eigenvalue weighted by atomic mass is 16.2. The summed E-state index contributed by atoms with van der Waals surface area (Å²) in [5.74, 6) is -0.835. The van der Waals surface area contributed by atoms with Crippen LogP contribution in [0.1, 0.15) is 44.6 Å². The molecule has 0 aliphatic rings. The molecule has 0 saturated heterocycles. The van der Waals surface area contributed by atoms with Gasteiger partial charge in [-0.1, -0.05) is 49.2 Å². The molecule has 0 aromatic heterocycles. The van der Waals surface area contributed by atoms with Crippen molar-refractivity contribution in [3.05, 3.63) is 48.2 Å². The van der Waals surface area contributed by atoms with E-state index in [4.69, 9.17) is 0 Å². The highest BCUT2D eigenvalue weighted by Crippen LogP contribution is 2.09. The van der Waals surface area contributed by atoms with E-state index in [9.17, 15) is 9.59 Å². The van der Waals surface area contributed by atoms with Crippen molar-refractivity contribution in [3.8, 4) is 0 Å². The molecule has 0 radical (unpaired) electrons. The Balaban J connectivity index is 2.04. The Hall–Kier alpha value is -1.90. The molecule has 1 N–H and O–H groups in total. The van der Waals surface area contributed by atoms with Gasteiger partial charge in [0.2, 0.25) is 5.78 Å². The maximum absolute atomic E-state index is 11.5. The van der Waals surface area contributed by atoms with Gasteiger partial charge in [-0.25, -0.2) is 0 Å². The standard InChI is InChI=1S/C17H23NO2/c1-2-14-18-17(20)16(19)13-9-4-3-6-10-15-11-7-5-8-12-15/h2,5,7-8,11-12,14H,3-4,6,9-10,13H2,1H3,(H,18,20)/b14-2+.